The summed E-state index contributed by atoms with van der Waals surface area (Å²) < 4.78 is 13.0. The number of halogens is 1. The Balaban J connectivity index is 1.83. The maximum Gasteiger partial charge on any atom is 0.253 e. The molecule has 0 bridgehead atoms. The molecule has 1 aromatic rings. The molecule has 0 aromatic carbocycles. The Labute approximate surface area is 122 Å². The Morgan fingerprint density at radius 1 is 1.50 bits per heavy atom. The number of piperidine rings is 1. The van der Waals surface area contributed by atoms with E-state index in [-0.39, 0.29) is 17.5 Å². The van der Waals surface area contributed by atoms with Gasteiger partial charge in [-0.3, -0.25) is 14.7 Å². The molecule has 1 aromatic heterocycles. The highest BCUT2D eigenvalue weighted by atomic mass is 32.1. The van der Waals surface area contributed by atoms with E-state index < -0.39 is 5.82 Å². The molecule has 1 aliphatic rings. The molecule has 0 aliphatic carbocycles. The first-order valence-corrected chi connectivity index (χ1v) is 6.87. The maximum atomic E-state index is 13.0. The molecule has 5 nitrogen and oxygen atoms in total. The van der Waals surface area contributed by atoms with Crippen LogP contribution in [-0.2, 0) is 0 Å². The van der Waals surface area contributed by atoms with Crippen molar-refractivity contribution in [3.63, 3.8) is 0 Å². The number of nitrogens with zero attached hydrogens (tertiary/aromatic N) is 2. The second-order valence-corrected chi connectivity index (χ2v) is 5.41. The number of nitrogens with one attached hydrogen (secondary N) is 1. The smallest absolute Gasteiger partial charge is 0.253 e. The van der Waals surface area contributed by atoms with Crippen molar-refractivity contribution in [3.05, 3.63) is 29.8 Å². The summed E-state index contributed by atoms with van der Waals surface area (Å²) >= 11 is 4.88. The van der Waals surface area contributed by atoms with Crippen molar-refractivity contribution in [1.29, 1.82) is 0 Å². The summed E-state index contributed by atoms with van der Waals surface area (Å²) in [5.41, 5.74) is 5.75. The number of hydrogen-bond donors (Lipinski definition) is 2. The number of thiocarbonyl (C=S) groups is 1. The maximum absolute atomic E-state index is 13.0. The molecule has 0 unspecified atom stereocenters. The summed E-state index contributed by atoms with van der Waals surface area (Å²) in [5, 5.41) is 2.90. The Hall–Kier alpha value is -1.60. The van der Waals surface area contributed by atoms with E-state index in [9.17, 15) is 9.18 Å². The van der Waals surface area contributed by atoms with Crippen molar-refractivity contribution in [2.24, 2.45) is 5.73 Å². The van der Waals surface area contributed by atoms with Crippen LogP contribution >= 0.6 is 12.2 Å². The largest absolute Gasteiger partial charge is 0.392 e. The fourth-order valence-corrected chi connectivity index (χ4v) is 2.44. The summed E-state index contributed by atoms with van der Waals surface area (Å²) in [6, 6.07) is 1.28. The normalized spacial score (nSPS) is 16.9. The predicted octanol–water partition coefficient (Wildman–Crippen LogP) is 0.701. The van der Waals surface area contributed by atoms with Gasteiger partial charge in [0, 0.05) is 31.9 Å². The predicted molar refractivity (Wildman–Crippen MR) is 77.9 cm³/mol. The number of carbonyl (C=O) groups is 1. The van der Waals surface area contributed by atoms with Crippen LogP contribution < -0.4 is 11.1 Å². The molecule has 0 saturated carbocycles. The first-order chi connectivity index (χ1) is 9.54. The Kier molecular flexibility index (Phi) is 4.97. The van der Waals surface area contributed by atoms with Crippen LogP contribution in [-0.4, -0.2) is 46.5 Å². The molecular formula is C13H17FN4OS. The number of nitrogens with two attached hydrogens (primary N) is 1. The van der Waals surface area contributed by atoms with E-state index in [2.05, 4.69) is 15.2 Å². The highest BCUT2D eigenvalue weighted by Crippen LogP contribution is 2.11. The lowest BCUT2D eigenvalue weighted by Gasteiger charge is -2.31. The van der Waals surface area contributed by atoms with E-state index in [1.54, 1.807) is 0 Å². The van der Waals surface area contributed by atoms with Gasteiger partial charge < -0.3 is 11.1 Å². The number of carbonyl (C=O) groups excluding carboxylic acids is 1. The van der Waals surface area contributed by atoms with Crippen LogP contribution in [0, 0.1) is 5.82 Å². The summed E-state index contributed by atoms with van der Waals surface area (Å²) in [4.78, 5) is 18.3. The highest BCUT2D eigenvalue weighted by molar-refractivity contribution is 7.80. The van der Waals surface area contributed by atoms with Gasteiger partial charge in [-0.2, -0.15) is 0 Å². The van der Waals surface area contributed by atoms with Crippen molar-refractivity contribution in [1.82, 2.24) is 15.2 Å². The molecule has 2 rings (SSSR count). The fraction of sp³-hybridized carbons (Fsp3) is 0.462. The Morgan fingerprint density at radius 2 is 2.20 bits per heavy atom. The molecule has 7 heteroatoms. The molecule has 1 saturated heterocycles. The van der Waals surface area contributed by atoms with E-state index in [0.717, 1.165) is 32.1 Å². The monoisotopic (exact) mass is 296 g/mol. The zero-order chi connectivity index (χ0) is 14.5. The first-order valence-electron chi connectivity index (χ1n) is 6.46. The van der Waals surface area contributed by atoms with Crippen molar-refractivity contribution in [3.8, 4) is 0 Å². The second-order valence-electron chi connectivity index (χ2n) is 4.88. The zero-order valence-electron chi connectivity index (χ0n) is 11.0. The van der Waals surface area contributed by atoms with E-state index in [1.165, 1.54) is 12.3 Å². The lowest BCUT2D eigenvalue weighted by atomic mass is 10.0. The van der Waals surface area contributed by atoms with Gasteiger partial charge in [0.1, 0.15) is 5.82 Å². The van der Waals surface area contributed by atoms with Crippen LogP contribution in [0.3, 0.4) is 0 Å². The third-order valence-corrected chi connectivity index (χ3v) is 3.40. The van der Waals surface area contributed by atoms with E-state index >= 15 is 0 Å². The Bertz CT molecular complexity index is 503. The average molecular weight is 296 g/mol. The SMILES string of the molecule is NC(=S)CN1CCC(NC(=O)c2cncc(F)c2)CC1. The van der Waals surface area contributed by atoms with Gasteiger partial charge in [-0.25, -0.2) is 4.39 Å². The van der Waals surface area contributed by atoms with Crippen molar-refractivity contribution in [2.75, 3.05) is 19.6 Å². The number of hydrogen-bond acceptors (Lipinski definition) is 4. The van der Waals surface area contributed by atoms with Gasteiger partial charge >= 0.3 is 0 Å². The van der Waals surface area contributed by atoms with E-state index in [1.807, 2.05) is 0 Å². The van der Waals surface area contributed by atoms with Crippen LogP contribution in [0.1, 0.15) is 23.2 Å². The molecule has 0 spiro atoms. The van der Waals surface area contributed by atoms with Gasteiger partial charge in [-0.1, -0.05) is 12.2 Å². The second kappa shape index (κ2) is 6.71. The van der Waals surface area contributed by atoms with Crippen molar-refractivity contribution < 1.29 is 9.18 Å². The summed E-state index contributed by atoms with van der Waals surface area (Å²) in [6.07, 6.45) is 4.10. The molecule has 0 radical (unpaired) electrons. The minimum absolute atomic E-state index is 0.0911. The molecule has 108 valence electrons. The first kappa shape index (κ1) is 14.8. The number of pyridine rings is 1. The van der Waals surface area contributed by atoms with E-state index in [4.69, 9.17) is 18.0 Å². The molecule has 2 heterocycles. The lowest BCUT2D eigenvalue weighted by molar-refractivity contribution is 0.0914. The fourth-order valence-electron chi connectivity index (χ4n) is 2.26. The summed E-state index contributed by atoms with van der Waals surface area (Å²) in [7, 11) is 0. The summed E-state index contributed by atoms with van der Waals surface area (Å²) in [6.45, 7) is 2.29. The molecule has 3 N–H and O–H groups in total. The van der Waals surface area contributed by atoms with Crippen LogP contribution in [0.5, 0.6) is 0 Å². The number of amides is 1. The molecule has 0 atom stereocenters. The van der Waals surface area contributed by atoms with Crippen LogP contribution in [0.4, 0.5) is 4.39 Å². The number of aromatic nitrogens is 1. The molecular weight excluding hydrogens is 279 g/mol. The van der Waals surface area contributed by atoms with Gasteiger partial charge in [0.25, 0.3) is 5.91 Å². The highest BCUT2D eigenvalue weighted by Gasteiger charge is 2.21. The topological polar surface area (TPSA) is 71.2 Å². The third kappa shape index (κ3) is 4.21. The van der Waals surface area contributed by atoms with Crippen LogP contribution in [0.2, 0.25) is 0 Å². The Morgan fingerprint density at radius 3 is 2.80 bits per heavy atom. The number of likely N-dealkylation sites (tertiary alicyclic amines) is 1. The van der Waals surface area contributed by atoms with Crippen molar-refractivity contribution in [2.45, 2.75) is 18.9 Å². The van der Waals surface area contributed by atoms with Crippen LogP contribution in [0.25, 0.3) is 0 Å². The zero-order valence-corrected chi connectivity index (χ0v) is 11.8. The van der Waals surface area contributed by atoms with Gasteiger partial charge in [0.15, 0.2) is 0 Å². The third-order valence-electron chi connectivity index (χ3n) is 3.27. The lowest BCUT2D eigenvalue weighted by Crippen LogP contribution is -2.46. The minimum Gasteiger partial charge on any atom is -0.392 e. The minimum atomic E-state index is -0.510. The standard InChI is InChI=1S/C13H17FN4OS/c14-10-5-9(6-16-7-10)13(19)17-11-1-3-18(4-2-11)8-12(15)20/h5-7,11H,1-4,8H2,(H2,15,20)(H,17,19). The molecule has 1 amide bonds. The number of rotatable bonds is 4. The molecule has 20 heavy (non-hydrogen) atoms. The van der Waals surface area contributed by atoms with Crippen molar-refractivity contribution >= 4 is 23.1 Å². The average Bonchev–Trinajstić information content (AvgIpc) is 2.40. The quantitative estimate of drug-likeness (QED) is 0.800. The summed E-state index contributed by atoms with van der Waals surface area (Å²) in [5.74, 6) is -0.797. The van der Waals surface area contributed by atoms with Crippen LogP contribution in [0.15, 0.2) is 18.5 Å². The van der Waals surface area contributed by atoms with E-state index in [0.29, 0.717) is 11.5 Å². The van der Waals surface area contributed by atoms with Gasteiger partial charge in [-0.15, -0.1) is 0 Å². The van der Waals surface area contributed by atoms with Gasteiger partial charge in [-0.05, 0) is 18.9 Å². The molecule has 1 aliphatic heterocycles. The van der Waals surface area contributed by atoms with Gasteiger partial charge in [0.05, 0.1) is 16.7 Å². The van der Waals surface area contributed by atoms with Gasteiger partial charge in [0.2, 0.25) is 0 Å². The molecule has 1 fully saturated rings.